The number of carbonyl (C=O) groups is 1. The monoisotopic (exact) mass is 396 g/mol. The molecule has 0 spiro atoms. The summed E-state index contributed by atoms with van der Waals surface area (Å²) in [6, 6.07) is 8.32. The van der Waals surface area contributed by atoms with Crippen molar-refractivity contribution in [1.29, 1.82) is 0 Å². The minimum atomic E-state index is 0.182. The van der Waals surface area contributed by atoms with Crippen LogP contribution in [0.3, 0.4) is 0 Å². The van der Waals surface area contributed by atoms with E-state index >= 15 is 0 Å². The minimum absolute atomic E-state index is 0.182. The van der Waals surface area contributed by atoms with Gasteiger partial charge in [-0.3, -0.25) is 4.79 Å². The van der Waals surface area contributed by atoms with Crippen LogP contribution in [0.2, 0.25) is 0 Å². The summed E-state index contributed by atoms with van der Waals surface area (Å²) in [6.07, 6.45) is 10.4. The van der Waals surface area contributed by atoms with E-state index in [0.29, 0.717) is 0 Å². The second-order valence-electron chi connectivity index (χ2n) is 7.73. The van der Waals surface area contributed by atoms with Gasteiger partial charge in [0.15, 0.2) is 0 Å². The van der Waals surface area contributed by atoms with Crippen LogP contribution in [-0.4, -0.2) is 10.9 Å². The van der Waals surface area contributed by atoms with Crippen LogP contribution in [0.15, 0.2) is 24.3 Å². The molecule has 5 rings (SSSR count). The van der Waals surface area contributed by atoms with Crippen molar-refractivity contribution in [2.24, 2.45) is 5.92 Å². The standard InChI is InChI=1S/C22H24N2OS2/c25-20(14-8-2-1-3-9-14)24-22-19(15-10-4-6-12-17(15)26-22)21-23-16-11-5-7-13-18(16)27-21/h5,7,11,13-14H,1-4,6,8-10,12H2,(H,24,25). The first kappa shape index (κ1) is 17.4. The third kappa shape index (κ3) is 3.32. The minimum Gasteiger partial charge on any atom is -0.317 e. The van der Waals surface area contributed by atoms with Gasteiger partial charge < -0.3 is 5.32 Å². The van der Waals surface area contributed by atoms with Crippen molar-refractivity contribution in [2.75, 3.05) is 5.32 Å². The zero-order valence-corrected chi connectivity index (χ0v) is 17.1. The maximum atomic E-state index is 12.9. The van der Waals surface area contributed by atoms with Crippen LogP contribution in [0.5, 0.6) is 0 Å². The molecule has 27 heavy (non-hydrogen) atoms. The SMILES string of the molecule is O=C(Nc1sc2c(c1-c1nc3ccccc3s1)CCCC2)C1CCCCC1. The third-order valence-electron chi connectivity index (χ3n) is 5.89. The Morgan fingerprint density at radius 2 is 1.81 bits per heavy atom. The lowest BCUT2D eigenvalue weighted by Crippen LogP contribution is -2.24. The summed E-state index contributed by atoms with van der Waals surface area (Å²) in [4.78, 5) is 19.3. The van der Waals surface area contributed by atoms with Gasteiger partial charge in [-0.15, -0.1) is 22.7 Å². The fourth-order valence-electron chi connectivity index (χ4n) is 4.44. The fraction of sp³-hybridized carbons (Fsp3) is 0.455. The average molecular weight is 397 g/mol. The van der Waals surface area contributed by atoms with E-state index in [1.54, 1.807) is 22.7 Å². The molecule has 3 aromatic rings. The Kier molecular flexibility index (Phi) is 4.74. The Bertz CT molecular complexity index is 949. The number of para-hydroxylation sites is 1. The number of hydrogen-bond donors (Lipinski definition) is 1. The van der Waals surface area contributed by atoms with Crippen LogP contribution < -0.4 is 5.32 Å². The number of aromatic nitrogens is 1. The van der Waals surface area contributed by atoms with E-state index in [-0.39, 0.29) is 11.8 Å². The fourth-order valence-corrected chi connectivity index (χ4v) is 6.84. The van der Waals surface area contributed by atoms with E-state index in [1.807, 2.05) is 6.07 Å². The molecule has 140 valence electrons. The molecule has 0 unspecified atom stereocenters. The summed E-state index contributed by atoms with van der Waals surface area (Å²) in [5, 5.41) is 5.43. The first-order valence-electron chi connectivity index (χ1n) is 10.1. The second kappa shape index (κ2) is 7.36. The number of thiophene rings is 1. The molecule has 2 aliphatic carbocycles. The number of fused-ring (bicyclic) bond motifs is 2. The normalized spacial score (nSPS) is 17.8. The number of benzene rings is 1. The molecule has 1 fully saturated rings. The Morgan fingerprint density at radius 3 is 2.67 bits per heavy atom. The molecule has 0 bridgehead atoms. The van der Waals surface area contributed by atoms with E-state index in [0.717, 1.165) is 41.2 Å². The third-order valence-corrected chi connectivity index (χ3v) is 8.15. The average Bonchev–Trinajstić information content (AvgIpc) is 3.29. The lowest BCUT2D eigenvalue weighted by Gasteiger charge is -2.20. The Morgan fingerprint density at radius 1 is 1.00 bits per heavy atom. The smallest absolute Gasteiger partial charge is 0.228 e. The number of nitrogens with zero attached hydrogens (tertiary/aromatic N) is 1. The number of nitrogens with one attached hydrogen (secondary N) is 1. The number of aryl methyl sites for hydroxylation is 1. The van der Waals surface area contributed by atoms with Gasteiger partial charge in [-0.25, -0.2) is 4.98 Å². The molecule has 5 heteroatoms. The van der Waals surface area contributed by atoms with E-state index in [1.165, 1.54) is 52.8 Å². The maximum absolute atomic E-state index is 12.9. The van der Waals surface area contributed by atoms with Gasteiger partial charge in [-0.1, -0.05) is 31.4 Å². The molecule has 3 nitrogen and oxygen atoms in total. The van der Waals surface area contributed by atoms with E-state index in [9.17, 15) is 4.79 Å². The summed E-state index contributed by atoms with van der Waals surface area (Å²) in [7, 11) is 0. The predicted molar refractivity (Wildman–Crippen MR) is 115 cm³/mol. The highest BCUT2D eigenvalue weighted by molar-refractivity contribution is 7.22. The lowest BCUT2D eigenvalue weighted by molar-refractivity contribution is -0.120. The molecular weight excluding hydrogens is 372 g/mol. The number of amides is 1. The van der Waals surface area contributed by atoms with E-state index in [4.69, 9.17) is 4.98 Å². The van der Waals surface area contributed by atoms with Gasteiger partial charge in [-0.2, -0.15) is 0 Å². The van der Waals surface area contributed by atoms with Crippen molar-refractivity contribution < 1.29 is 4.79 Å². The Hall–Kier alpha value is -1.72. The van der Waals surface area contributed by atoms with Gasteiger partial charge in [0.1, 0.15) is 10.0 Å². The van der Waals surface area contributed by atoms with Crippen molar-refractivity contribution in [2.45, 2.75) is 57.8 Å². The molecule has 0 radical (unpaired) electrons. The summed E-state index contributed by atoms with van der Waals surface area (Å²) < 4.78 is 1.22. The van der Waals surface area contributed by atoms with Gasteiger partial charge in [0, 0.05) is 16.4 Å². The van der Waals surface area contributed by atoms with Crippen molar-refractivity contribution in [3.8, 4) is 10.6 Å². The van der Waals surface area contributed by atoms with Gasteiger partial charge >= 0.3 is 0 Å². The lowest BCUT2D eigenvalue weighted by atomic mass is 9.88. The molecular formula is C22H24N2OS2. The van der Waals surface area contributed by atoms with Crippen LogP contribution in [0.4, 0.5) is 5.00 Å². The molecule has 1 saturated carbocycles. The topological polar surface area (TPSA) is 42.0 Å². The predicted octanol–water partition coefficient (Wildman–Crippen LogP) is 6.42. The molecule has 2 aromatic heterocycles. The van der Waals surface area contributed by atoms with Crippen LogP contribution in [0, 0.1) is 5.92 Å². The zero-order valence-electron chi connectivity index (χ0n) is 15.4. The number of carbonyl (C=O) groups excluding carboxylic acids is 1. The van der Waals surface area contributed by atoms with Crippen molar-refractivity contribution in [3.63, 3.8) is 0 Å². The molecule has 0 aliphatic heterocycles. The number of anilines is 1. The zero-order chi connectivity index (χ0) is 18.2. The van der Waals surface area contributed by atoms with Crippen molar-refractivity contribution >= 4 is 43.8 Å². The highest BCUT2D eigenvalue weighted by Crippen LogP contribution is 2.46. The summed E-state index contributed by atoms with van der Waals surface area (Å²) in [5.74, 6) is 0.400. The largest absolute Gasteiger partial charge is 0.317 e. The van der Waals surface area contributed by atoms with Crippen LogP contribution in [0.1, 0.15) is 55.4 Å². The molecule has 2 heterocycles. The van der Waals surface area contributed by atoms with Crippen molar-refractivity contribution in [3.05, 3.63) is 34.7 Å². The van der Waals surface area contributed by atoms with Crippen LogP contribution in [-0.2, 0) is 17.6 Å². The molecule has 2 aliphatic rings. The van der Waals surface area contributed by atoms with Gasteiger partial charge in [-0.05, 0) is 56.2 Å². The highest BCUT2D eigenvalue weighted by atomic mass is 32.1. The Balaban J connectivity index is 1.54. The molecule has 1 amide bonds. The van der Waals surface area contributed by atoms with Gasteiger partial charge in [0.2, 0.25) is 5.91 Å². The number of hydrogen-bond acceptors (Lipinski definition) is 4. The summed E-state index contributed by atoms with van der Waals surface area (Å²) >= 11 is 3.54. The molecule has 1 aromatic carbocycles. The molecule has 1 N–H and O–H groups in total. The number of thiazole rings is 1. The number of rotatable bonds is 3. The second-order valence-corrected chi connectivity index (χ2v) is 9.86. The van der Waals surface area contributed by atoms with Gasteiger partial charge in [0.25, 0.3) is 0 Å². The first-order valence-corrected chi connectivity index (χ1v) is 11.7. The summed E-state index contributed by atoms with van der Waals surface area (Å²) in [6.45, 7) is 0. The van der Waals surface area contributed by atoms with Crippen LogP contribution in [0.25, 0.3) is 20.8 Å². The van der Waals surface area contributed by atoms with Crippen LogP contribution >= 0.6 is 22.7 Å². The van der Waals surface area contributed by atoms with Gasteiger partial charge in [0.05, 0.1) is 10.2 Å². The Labute approximate surface area is 167 Å². The quantitative estimate of drug-likeness (QED) is 0.555. The highest BCUT2D eigenvalue weighted by Gasteiger charge is 2.27. The molecule has 0 atom stereocenters. The van der Waals surface area contributed by atoms with E-state index < -0.39 is 0 Å². The first-order chi connectivity index (χ1) is 13.3. The molecule has 0 saturated heterocycles. The maximum Gasteiger partial charge on any atom is 0.228 e. The summed E-state index contributed by atoms with van der Waals surface area (Å²) in [5.41, 5.74) is 3.70. The van der Waals surface area contributed by atoms with Crippen molar-refractivity contribution in [1.82, 2.24) is 4.98 Å². The van der Waals surface area contributed by atoms with E-state index in [2.05, 4.69) is 23.5 Å².